The Balaban J connectivity index is 1.44. The third-order valence-electron chi connectivity index (χ3n) is 6.63. The van der Waals surface area contributed by atoms with Crippen molar-refractivity contribution in [2.75, 3.05) is 13.7 Å². The quantitative estimate of drug-likeness (QED) is 0.0439. The summed E-state index contributed by atoms with van der Waals surface area (Å²) < 4.78 is 12.1. The molecule has 14 heteroatoms. The van der Waals surface area contributed by atoms with Gasteiger partial charge >= 0.3 is 5.97 Å². The summed E-state index contributed by atoms with van der Waals surface area (Å²) in [6, 6.07) is 17.9. The van der Waals surface area contributed by atoms with Gasteiger partial charge in [0.1, 0.15) is 18.0 Å². The molecule has 0 fully saturated rings. The summed E-state index contributed by atoms with van der Waals surface area (Å²) in [7, 11) is 1.48. The van der Waals surface area contributed by atoms with E-state index in [-0.39, 0.29) is 42.5 Å². The highest BCUT2D eigenvalue weighted by Gasteiger charge is 2.46. The highest BCUT2D eigenvalue weighted by atomic mass is 79.9. The Labute approximate surface area is 294 Å². The summed E-state index contributed by atoms with van der Waals surface area (Å²) in [6.07, 6.45) is 0. The standard InChI is InChI=1S/C31H17Br4ClN2O7/c1-44-20-4-2-3-17(13-20)31(43)45-19-11-7-15(8-12-19)21(39)14-37(28(40)16-5-9-18(36)10-6-16)38-29(41)22-23(30(38)42)25(33)27(35)26(34)24(22)32/h2-13H,14H2,1H3. The smallest absolute Gasteiger partial charge is 0.343 e. The Morgan fingerprint density at radius 1 is 0.733 bits per heavy atom. The number of ketones is 1. The summed E-state index contributed by atoms with van der Waals surface area (Å²) in [4.78, 5) is 67.4. The zero-order valence-electron chi connectivity index (χ0n) is 22.8. The molecule has 4 aromatic rings. The zero-order valence-corrected chi connectivity index (χ0v) is 29.9. The van der Waals surface area contributed by atoms with Gasteiger partial charge in [-0.1, -0.05) is 17.7 Å². The number of rotatable bonds is 8. The minimum absolute atomic E-state index is 0.00510. The normalized spacial score (nSPS) is 12.2. The van der Waals surface area contributed by atoms with Crippen molar-refractivity contribution in [2.45, 2.75) is 0 Å². The maximum atomic E-state index is 13.8. The van der Waals surface area contributed by atoms with Gasteiger partial charge < -0.3 is 9.47 Å². The summed E-state index contributed by atoms with van der Waals surface area (Å²) >= 11 is 19.5. The van der Waals surface area contributed by atoms with E-state index in [2.05, 4.69) is 63.7 Å². The van der Waals surface area contributed by atoms with Crippen LogP contribution in [-0.4, -0.2) is 53.1 Å². The predicted molar refractivity (Wildman–Crippen MR) is 179 cm³/mol. The SMILES string of the molecule is COc1cccc(C(=O)Oc2ccc(C(=O)CN(C(=O)c3ccc(Cl)cc3)N3C(=O)c4c(Br)c(Br)c(Br)c(Br)c4C3=O)cc2)c1. The number of halogens is 5. The first-order chi connectivity index (χ1) is 21.4. The molecule has 4 aromatic carbocycles. The molecule has 0 radical (unpaired) electrons. The second kappa shape index (κ2) is 13.6. The number of hydrazine groups is 1. The van der Waals surface area contributed by atoms with Crippen molar-refractivity contribution >= 4 is 105 Å². The van der Waals surface area contributed by atoms with E-state index in [0.29, 0.717) is 24.7 Å². The van der Waals surface area contributed by atoms with Crippen LogP contribution in [0.2, 0.25) is 5.02 Å². The van der Waals surface area contributed by atoms with E-state index in [1.807, 2.05) is 0 Å². The maximum Gasteiger partial charge on any atom is 0.343 e. The van der Waals surface area contributed by atoms with Crippen molar-refractivity contribution in [2.24, 2.45) is 0 Å². The molecule has 0 spiro atoms. The topological polar surface area (TPSA) is 110 Å². The van der Waals surface area contributed by atoms with Crippen LogP contribution in [0.3, 0.4) is 0 Å². The second-order valence-corrected chi connectivity index (χ2v) is 13.0. The van der Waals surface area contributed by atoms with Crippen molar-refractivity contribution in [3.8, 4) is 11.5 Å². The fraction of sp³-hybridized carbons (Fsp3) is 0.0645. The number of nitrogens with zero attached hydrogens (tertiary/aromatic N) is 2. The lowest BCUT2D eigenvalue weighted by Gasteiger charge is -2.29. The molecule has 0 saturated heterocycles. The Bertz CT molecular complexity index is 1850. The Kier molecular flexibility index (Phi) is 9.94. The number of carbonyl (C=O) groups is 5. The molecule has 0 saturated carbocycles. The molecule has 5 rings (SSSR count). The van der Waals surface area contributed by atoms with Crippen LogP contribution >= 0.6 is 75.3 Å². The first kappa shape index (κ1) is 33.0. The van der Waals surface area contributed by atoms with Gasteiger partial charge in [-0.25, -0.2) is 9.80 Å². The van der Waals surface area contributed by atoms with E-state index in [1.54, 1.807) is 18.2 Å². The van der Waals surface area contributed by atoms with E-state index in [0.717, 1.165) is 5.01 Å². The summed E-state index contributed by atoms with van der Waals surface area (Å²) in [6.45, 7) is -0.673. The largest absolute Gasteiger partial charge is 0.497 e. The molecule has 9 nitrogen and oxygen atoms in total. The fourth-order valence-corrected chi connectivity index (χ4v) is 6.97. The highest BCUT2D eigenvalue weighted by molar-refractivity contribution is 9.15. The number of benzene rings is 4. The lowest BCUT2D eigenvalue weighted by Crippen LogP contribution is -2.51. The molecule has 0 N–H and O–H groups in total. The molecular weight excluding hydrogens is 867 g/mol. The maximum absolute atomic E-state index is 13.8. The Morgan fingerprint density at radius 3 is 1.84 bits per heavy atom. The van der Waals surface area contributed by atoms with Crippen LogP contribution in [0.15, 0.2) is 90.7 Å². The van der Waals surface area contributed by atoms with Crippen molar-refractivity contribution in [1.82, 2.24) is 10.0 Å². The van der Waals surface area contributed by atoms with E-state index >= 15 is 0 Å². The summed E-state index contributed by atoms with van der Waals surface area (Å²) in [5, 5.41) is 1.82. The third-order valence-corrected chi connectivity index (χ3v) is 11.7. The van der Waals surface area contributed by atoms with Gasteiger partial charge in [-0.2, -0.15) is 5.01 Å². The number of esters is 1. The minimum Gasteiger partial charge on any atom is -0.497 e. The lowest BCUT2D eigenvalue weighted by molar-refractivity contribution is 0.00526. The molecule has 3 amide bonds. The van der Waals surface area contributed by atoms with Gasteiger partial charge in [0, 0.05) is 34.0 Å². The number of imide groups is 1. The molecule has 1 heterocycles. The van der Waals surface area contributed by atoms with Crippen LogP contribution in [-0.2, 0) is 0 Å². The van der Waals surface area contributed by atoms with E-state index in [1.165, 1.54) is 61.7 Å². The molecule has 0 bridgehead atoms. The average molecular weight is 885 g/mol. The number of amides is 3. The number of hydrogen-bond acceptors (Lipinski definition) is 7. The van der Waals surface area contributed by atoms with Crippen LogP contribution in [0.4, 0.5) is 0 Å². The molecular formula is C31H17Br4ClN2O7. The van der Waals surface area contributed by atoms with Gasteiger partial charge in [0.25, 0.3) is 17.7 Å². The van der Waals surface area contributed by atoms with E-state index in [4.69, 9.17) is 21.1 Å². The molecule has 0 atom stereocenters. The van der Waals surface area contributed by atoms with Gasteiger partial charge in [0.2, 0.25) is 0 Å². The summed E-state index contributed by atoms with van der Waals surface area (Å²) in [5.74, 6) is -2.99. The second-order valence-electron chi connectivity index (χ2n) is 9.37. The van der Waals surface area contributed by atoms with Crippen LogP contribution in [0.5, 0.6) is 11.5 Å². The van der Waals surface area contributed by atoms with Crippen LogP contribution in [0.25, 0.3) is 0 Å². The van der Waals surface area contributed by atoms with Crippen LogP contribution in [0.1, 0.15) is 51.8 Å². The Morgan fingerprint density at radius 2 is 1.29 bits per heavy atom. The predicted octanol–water partition coefficient (Wildman–Crippen LogP) is 8.15. The number of fused-ring (bicyclic) bond motifs is 1. The Hall–Kier alpha value is -3.36. The van der Waals surface area contributed by atoms with Gasteiger partial charge in [0.05, 0.1) is 23.8 Å². The first-order valence-corrected chi connectivity index (χ1v) is 16.3. The fourth-order valence-electron chi connectivity index (χ4n) is 4.38. The van der Waals surface area contributed by atoms with Crippen molar-refractivity contribution < 1.29 is 33.4 Å². The van der Waals surface area contributed by atoms with Gasteiger partial charge in [0.15, 0.2) is 5.78 Å². The number of Topliss-reactive ketones (excluding diaryl/α,β-unsaturated/α-hetero) is 1. The molecule has 1 aliphatic rings. The van der Waals surface area contributed by atoms with Gasteiger partial charge in [-0.05, 0) is 130 Å². The monoisotopic (exact) mass is 880 g/mol. The van der Waals surface area contributed by atoms with Crippen molar-refractivity contribution in [3.05, 3.63) is 124 Å². The molecule has 0 aliphatic carbocycles. The molecule has 45 heavy (non-hydrogen) atoms. The molecule has 228 valence electrons. The van der Waals surface area contributed by atoms with E-state index in [9.17, 15) is 24.0 Å². The van der Waals surface area contributed by atoms with Crippen molar-refractivity contribution in [3.63, 3.8) is 0 Å². The minimum atomic E-state index is -0.814. The summed E-state index contributed by atoms with van der Waals surface area (Å²) in [5.41, 5.74) is 0.499. The molecule has 0 unspecified atom stereocenters. The molecule has 1 aliphatic heterocycles. The van der Waals surface area contributed by atoms with Crippen molar-refractivity contribution in [1.29, 1.82) is 0 Å². The zero-order chi connectivity index (χ0) is 32.6. The average Bonchev–Trinajstić information content (AvgIpc) is 3.31. The number of methoxy groups -OCH3 is 1. The van der Waals surface area contributed by atoms with Gasteiger partial charge in [-0.3, -0.25) is 19.2 Å². The number of hydrogen-bond donors (Lipinski definition) is 0. The highest BCUT2D eigenvalue weighted by Crippen LogP contribution is 2.45. The molecule has 0 aromatic heterocycles. The van der Waals surface area contributed by atoms with Crippen LogP contribution in [0, 0.1) is 0 Å². The number of ether oxygens (including phenoxy) is 2. The van der Waals surface area contributed by atoms with E-state index < -0.39 is 36.0 Å². The lowest BCUT2D eigenvalue weighted by atomic mass is 10.1. The first-order valence-electron chi connectivity index (χ1n) is 12.7. The third kappa shape index (κ3) is 6.50. The van der Waals surface area contributed by atoms with Crippen LogP contribution < -0.4 is 9.47 Å². The number of carbonyl (C=O) groups excluding carboxylic acids is 5. The van der Waals surface area contributed by atoms with Gasteiger partial charge in [-0.15, -0.1) is 0 Å².